The maximum atomic E-state index is 11.4. The van der Waals surface area contributed by atoms with Crippen molar-refractivity contribution in [3.63, 3.8) is 0 Å². The molecule has 0 aromatic carbocycles. The Labute approximate surface area is 81.9 Å². The van der Waals surface area contributed by atoms with Gasteiger partial charge in [-0.15, -0.1) is 0 Å². The normalized spacial score (nSPS) is 38.6. The summed E-state index contributed by atoms with van der Waals surface area (Å²) in [6, 6.07) is 0. The van der Waals surface area contributed by atoms with Gasteiger partial charge in [0.05, 0.1) is 18.6 Å². The van der Waals surface area contributed by atoms with Crippen molar-refractivity contribution < 1.29 is 19.1 Å². The summed E-state index contributed by atoms with van der Waals surface area (Å²) >= 11 is 0. The zero-order valence-electron chi connectivity index (χ0n) is 7.93. The van der Waals surface area contributed by atoms with Crippen LogP contribution in [0.1, 0.15) is 13.3 Å². The Morgan fingerprint density at radius 1 is 1.79 bits per heavy atom. The Morgan fingerprint density at radius 2 is 2.57 bits per heavy atom. The van der Waals surface area contributed by atoms with Crippen LogP contribution in [0.15, 0.2) is 12.2 Å². The number of fused-ring (bicyclic) bond motifs is 2. The molecule has 0 aromatic rings. The SMILES string of the molecule is CCOC(=O)C1CC2(C=O)C=CC1O2. The minimum absolute atomic E-state index is 0.273. The highest BCUT2D eigenvalue weighted by atomic mass is 16.5. The van der Waals surface area contributed by atoms with Gasteiger partial charge in [-0.05, 0) is 13.0 Å². The summed E-state index contributed by atoms with van der Waals surface area (Å²) in [5.74, 6) is -0.587. The molecular weight excluding hydrogens is 184 g/mol. The minimum atomic E-state index is -0.859. The third kappa shape index (κ3) is 1.26. The first-order valence-corrected chi connectivity index (χ1v) is 4.71. The van der Waals surface area contributed by atoms with Crippen molar-refractivity contribution in [3.8, 4) is 0 Å². The fourth-order valence-electron chi connectivity index (χ4n) is 1.96. The van der Waals surface area contributed by atoms with E-state index in [0.717, 1.165) is 6.29 Å². The lowest BCUT2D eigenvalue weighted by atomic mass is 9.87. The Bertz CT molecular complexity index is 296. The molecule has 1 saturated heterocycles. The zero-order valence-corrected chi connectivity index (χ0v) is 7.93. The Hall–Kier alpha value is -1.16. The van der Waals surface area contributed by atoms with Crippen LogP contribution in [0.2, 0.25) is 0 Å². The summed E-state index contributed by atoms with van der Waals surface area (Å²) in [6.45, 7) is 2.12. The molecule has 14 heavy (non-hydrogen) atoms. The van der Waals surface area contributed by atoms with Gasteiger partial charge in [-0.3, -0.25) is 9.59 Å². The van der Waals surface area contributed by atoms with Gasteiger partial charge in [0, 0.05) is 6.42 Å². The second-order valence-electron chi connectivity index (χ2n) is 3.58. The molecule has 1 fully saturated rings. The van der Waals surface area contributed by atoms with Crippen molar-refractivity contribution in [2.75, 3.05) is 6.61 Å². The van der Waals surface area contributed by atoms with E-state index in [0.29, 0.717) is 13.0 Å². The molecule has 0 aromatic heterocycles. The summed E-state index contributed by atoms with van der Waals surface area (Å²) in [5.41, 5.74) is -0.859. The molecule has 0 N–H and O–H groups in total. The Balaban J connectivity index is 2.10. The van der Waals surface area contributed by atoms with Gasteiger partial charge in [-0.1, -0.05) is 6.08 Å². The molecule has 4 nitrogen and oxygen atoms in total. The summed E-state index contributed by atoms with van der Waals surface area (Å²) < 4.78 is 10.3. The van der Waals surface area contributed by atoms with E-state index in [1.54, 1.807) is 19.1 Å². The van der Waals surface area contributed by atoms with Gasteiger partial charge in [-0.2, -0.15) is 0 Å². The van der Waals surface area contributed by atoms with Gasteiger partial charge in [-0.25, -0.2) is 0 Å². The number of esters is 1. The van der Waals surface area contributed by atoms with Gasteiger partial charge in [0.2, 0.25) is 0 Å². The molecule has 2 heterocycles. The second kappa shape index (κ2) is 3.20. The van der Waals surface area contributed by atoms with Crippen molar-refractivity contribution >= 4 is 12.3 Å². The topological polar surface area (TPSA) is 52.6 Å². The van der Waals surface area contributed by atoms with Crippen LogP contribution in [0.25, 0.3) is 0 Å². The van der Waals surface area contributed by atoms with E-state index >= 15 is 0 Å². The first kappa shape index (κ1) is 9.40. The number of aldehydes is 1. The molecule has 2 bridgehead atoms. The van der Waals surface area contributed by atoms with E-state index in [2.05, 4.69) is 0 Å². The molecule has 3 unspecified atom stereocenters. The summed E-state index contributed by atoms with van der Waals surface area (Å²) in [4.78, 5) is 22.2. The minimum Gasteiger partial charge on any atom is -0.466 e. The van der Waals surface area contributed by atoms with Crippen LogP contribution in [-0.2, 0) is 19.1 Å². The van der Waals surface area contributed by atoms with Crippen molar-refractivity contribution in [1.82, 2.24) is 0 Å². The van der Waals surface area contributed by atoms with E-state index < -0.39 is 5.60 Å². The second-order valence-corrected chi connectivity index (χ2v) is 3.58. The predicted molar refractivity (Wildman–Crippen MR) is 47.5 cm³/mol. The molecule has 0 spiro atoms. The highest BCUT2D eigenvalue weighted by Crippen LogP contribution is 2.41. The molecule has 3 atom stereocenters. The molecule has 2 aliphatic rings. The first-order chi connectivity index (χ1) is 6.71. The van der Waals surface area contributed by atoms with Gasteiger partial charge >= 0.3 is 5.97 Å². The van der Waals surface area contributed by atoms with Crippen LogP contribution in [0.5, 0.6) is 0 Å². The predicted octanol–water partition coefficient (Wildman–Crippen LogP) is 0.462. The maximum absolute atomic E-state index is 11.4. The highest BCUT2D eigenvalue weighted by Gasteiger charge is 2.51. The van der Waals surface area contributed by atoms with E-state index in [1.807, 2.05) is 0 Å². The maximum Gasteiger partial charge on any atom is 0.312 e. The van der Waals surface area contributed by atoms with Gasteiger partial charge in [0.1, 0.15) is 5.60 Å². The molecular formula is C10H12O4. The number of ether oxygens (including phenoxy) is 2. The fourth-order valence-corrected chi connectivity index (χ4v) is 1.96. The molecule has 0 aliphatic carbocycles. The van der Waals surface area contributed by atoms with Crippen LogP contribution in [-0.4, -0.2) is 30.6 Å². The molecule has 0 radical (unpaired) electrons. The quantitative estimate of drug-likeness (QED) is 0.374. The van der Waals surface area contributed by atoms with E-state index in [9.17, 15) is 9.59 Å². The van der Waals surface area contributed by atoms with Crippen molar-refractivity contribution in [1.29, 1.82) is 0 Å². The summed E-state index contributed by atoms with van der Waals surface area (Å²) in [6.07, 6.45) is 4.37. The lowest BCUT2D eigenvalue weighted by molar-refractivity contribution is -0.149. The Morgan fingerprint density at radius 3 is 3.14 bits per heavy atom. The van der Waals surface area contributed by atoms with Crippen LogP contribution >= 0.6 is 0 Å². The summed E-state index contributed by atoms with van der Waals surface area (Å²) in [7, 11) is 0. The van der Waals surface area contributed by atoms with Gasteiger partial charge < -0.3 is 9.47 Å². The average Bonchev–Trinajstić information content (AvgIpc) is 2.76. The zero-order chi connectivity index (χ0) is 10.2. The Kier molecular flexibility index (Phi) is 2.15. The van der Waals surface area contributed by atoms with E-state index in [1.165, 1.54) is 0 Å². The highest BCUT2D eigenvalue weighted by molar-refractivity contribution is 5.78. The lowest BCUT2D eigenvalue weighted by Crippen LogP contribution is -2.28. The number of carbonyl (C=O) groups excluding carboxylic acids is 2. The smallest absolute Gasteiger partial charge is 0.312 e. The third-order valence-corrected chi connectivity index (χ3v) is 2.65. The van der Waals surface area contributed by atoms with Crippen LogP contribution in [0.3, 0.4) is 0 Å². The van der Waals surface area contributed by atoms with E-state index in [4.69, 9.17) is 9.47 Å². The molecule has 76 valence electrons. The molecule has 0 saturated carbocycles. The molecule has 2 aliphatic heterocycles. The first-order valence-electron chi connectivity index (χ1n) is 4.71. The molecule has 0 amide bonds. The largest absolute Gasteiger partial charge is 0.466 e. The van der Waals surface area contributed by atoms with Gasteiger partial charge in [0.25, 0.3) is 0 Å². The number of hydrogen-bond acceptors (Lipinski definition) is 4. The lowest BCUT2D eigenvalue weighted by Gasteiger charge is -2.15. The van der Waals surface area contributed by atoms with Crippen molar-refractivity contribution in [2.45, 2.75) is 25.0 Å². The van der Waals surface area contributed by atoms with Crippen LogP contribution in [0, 0.1) is 5.92 Å². The molecule has 2 rings (SSSR count). The number of hydrogen-bond donors (Lipinski definition) is 0. The van der Waals surface area contributed by atoms with Crippen LogP contribution < -0.4 is 0 Å². The average molecular weight is 196 g/mol. The number of rotatable bonds is 3. The van der Waals surface area contributed by atoms with Crippen molar-refractivity contribution in [2.24, 2.45) is 5.92 Å². The van der Waals surface area contributed by atoms with E-state index in [-0.39, 0.29) is 18.0 Å². The van der Waals surface area contributed by atoms with Crippen LogP contribution in [0.4, 0.5) is 0 Å². The van der Waals surface area contributed by atoms with Crippen molar-refractivity contribution in [3.05, 3.63) is 12.2 Å². The fraction of sp³-hybridized carbons (Fsp3) is 0.600. The van der Waals surface area contributed by atoms with Gasteiger partial charge in [0.15, 0.2) is 6.29 Å². The molecule has 4 heteroatoms. The standard InChI is InChI=1S/C10H12O4/c1-2-13-9(12)7-5-10(6-11)4-3-8(7)14-10/h3-4,6-8H,2,5H2,1H3. The third-order valence-electron chi connectivity index (χ3n) is 2.65. The number of carbonyl (C=O) groups is 2. The monoisotopic (exact) mass is 196 g/mol. The summed E-state index contributed by atoms with van der Waals surface area (Å²) in [5, 5.41) is 0.